The smallest absolute Gasteiger partial charge is 0.164 e. The molecule has 1 aliphatic carbocycles. The molecule has 0 amide bonds. The number of ether oxygens (including phenoxy) is 2. The van der Waals surface area contributed by atoms with Crippen LogP contribution in [0.15, 0.2) is 0 Å². The molecule has 1 aliphatic heterocycles. The van der Waals surface area contributed by atoms with Crippen LogP contribution in [0.25, 0.3) is 0 Å². The van der Waals surface area contributed by atoms with Gasteiger partial charge in [-0.2, -0.15) is 0 Å². The number of hydrogen-bond acceptors (Lipinski definition) is 6. The summed E-state index contributed by atoms with van der Waals surface area (Å²) in [4.78, 5) is 0. The van der Waals surface area contributed by atoms with Gasteiger partial charge in [-0.05, 0) is 13.8 Å². The van der Waals surface area contributed by atoms with E-state index in [1.807, 2.05) is 0 Å². The van der Waals surface area contributed by atoms with Crippen LogP contribution < -0.4 is 0 Å². The van der Waals surface area contributed by atoms with Gasteiger partial charge in [-0.15, -0.1) is 0 Å². The molecule has 6 nitrogen and oxygen atoms in total. The minimum atomic E-state index is -1.42. The molecule has 88 valence electrons. The van der Waals surface area contributed by atoms with Crippen molar-refractivity contribution in [3.63, 3.8) is 0 Å². The molecule has 6 heteroatoms. The molecule has 1 saturated carbocycles. The van der Waals surface area contributed by atoms with Gasteiger partial charge in [0.25, 0.3) is 0 Å². The van der Waals surface area contributed by atoms with Crippen molar-refractivity contribution < 1.29 is 29.9 Å². The highest BCUT2D eigenvalue weighted by molar-refractivity contribution is 5.03. The van der Waals surface area contributed by atoms with Crippen molar-refractivity contribution in [3.8, 4) is 0 Å². The normalized spacial score (nSPS) is 54.0. The third-order valence-corrected chi connectivity index (χ3v) is 2.89. The predicted octanol–water partition coefficient (Wildman–Crippen LogP) is -2.04. The Morgan fingerprint density at radius 1 is 0.733 bits per heavy atom. The fourth-order valence-corrected chi connectivity index (χ4v) is 2.14. The van der Waals surface area contributed by atoms with Crippen molar-refractivity contribution in [2.24, 2.45) is 0 Å². The summed E-state index contributed by atoms with van der Waals surface area (Å²) in [6.07, 6.45) is -6.97. The van der Waals surface area contributed by atoms with Gasteiger partial charge in [0.15, 0.2) is 5.79 Å². The Morgan fingerprint density at radius 3 is 1.40 bits per heavy atom. The standard InChI is InChI=1S/C9H16O6/c1-9(2)14-7-5(12)3(10)4(11)6(13)8(7)15-9/h3-8,10-13H,1-2H3. The van der Waals surface area contributed by atoms with Gasteiger partial charge in [0.1, 0.15) is 36.6 Å². The van der Waals surface area contributed by atoms with E-state index in [0.717, 1.165) is 0 Å². The molecule has 0 spiro atoms. The molecular weight excluding hydrogens is 204 g/mol. The highest BCUT2D eigenvalue weighted by atomic mass is 16.8. The van der Waals surface area contributed by atoms with Crippen LogP contribution in [0.1, 0.15) is 13.8 Å². The van der Waals surface area contributed by atoms with Crippen LogP contribution in [0.4, 0.5) is 0 Å². The lowest BCUT2D eigenvalue weighted by atomic mass is 9.85. The highest BCUT2D eigenvalue weighted by Gasteiger charge is 2.56. The molecule has 0 radical (unpaired) electrons. The fourth-order valence-electron chi connectivity index (χ4n) is 2.14. The quantitative estimate of drug-likeness (QED) is 0.375. The number of rotatable bonds is 0. The van der Waals surface area contributed by atoms with Gasteiger partial charge in [0.2, 0.25) is 0 Å². The van der Waals surface area contributed by atoms with Crippen molar-refractivity contribution in [1.82, 2.24) is 0 Å². The zero-order valence-corrected chi connectivity index (χ0v) is 8.57. The average Bonchev–Trinajstić information content (AvgIpc) is 2.48. The molecule has 6 atom stereocenters. The van der Waals surface area contributed by atoms with Crippen LogP contribution >= 0.6 is 0 Å². The Labute approximate surface area is 87.1 Å². The molecule has 1 saturated heterocycles. The summed E-state index contributed by atoms with van der Waals surface area (Å²) in [5, 5.41) is 38.2. The highest BCUT2D eigenvalue weighted by Crippen LogP contribution is 2.37. The molecular formula is C9H16O6. The molecule has 15 heavy (non-hydrogen) atoms. The van der Waals surface area contributed by atoms with Gasteiger partial charge < -0.3 is 29.9 Å². The first-order chi connectivity index (χ1) is 6.83. The first-order valence-corrected chi connectivity index (χ1v) is 4.91. The number of aliphatic hydroxyl groups excluding tert-OH is 4. The molecule has 6 unspecified atom stereocenters. The van der Waals surface area contributed by atoms with Gasteiger partial charge in [0.05, 0.1) is 0 Å². The van der Waals surface area contributed by atoms with Gasteiger partial charge in [-0.1, -0.05) is 0 Å². The molecule has 2 fully saturated rings. The number of fused-ring (bicyclic) bond motifs is 1. The summed E-state index contributed by atoms with van der Waals surface area (Å²) < 4.78 is 10.7. The largest absolute Gasteiger partial charge is 0.387 e. The average molecular weight is 220 g/mol. The van der Waals surface area contributed by atoms with Crippen LogP contribution in [0.5, 0.6) is 0 Å². The lowest BCUT2D eigenvalue weighted by Crippen LogP contribution is -2.62. The van der Waals surface area contributed by atoms with Crippen molar-refractivity contribution in [3.05, 3.63) is 0 Å². The summed E-state index contributed by atoms with van der Waals surface area (Å²) in [7, 11) is 0. The molecule has 0 aromatic heterocycles. The van der Waals surface area contributed by atoms with Crippen LogP contribution in [0, 0.1) is 0 Å². The predicted molar refractivity (Wildman–Crippen MR) is 47.9 cm³/mol. The van der Waals surface area contributed by atoms with Crippen molar-refractivity contribution >= 4 is 0 Å². The molecule has 0 bridgehead atoms. The Kier molecular flexibility index (Phi) is 2.53. The van der Waals surface area contributed by atoms with Crippen LogP contribution in [0.3, 0.4) is 0 Å². The summed E-state index contributed by atoms with van der Waals surface area (Å²) in [6, 6.07) is 0. The lowest BCUT2D eigenvalue weighted by Gasteiger charge is -2.38. The van der Waals surface area contributed by atoms with E-state index in [-0.39, 0.29) is 0 Å². The summed E-state index contributed by atoms with van der Waals surface area (Å²) in [5.74, 6) is -0.929. The van der Waals surface area contributed by atoms with Crippen LogP contribution in [-0.2, 0) is 9.47 Å². The minimum Gasteiger partial charge on any atom is -0.387 e. The Balaban J connectivity index is 2.23. The van der Waals surface area contributed by atoms with Crippen molar-refractivity contribution in [2.75, 3.05) is 0 Å². The minimum absolute atomic E-state index is 0.812. The second kappa shape index (κ2) is 3.38. The summed E-state index contributed by atoms with van der Waals surface area (Å²) in [5.41, 5.74) is 0. The molecule has 0 aromatic carbocycles. The topological polar surface area (TPSA) is 99.4 Å². The fraction of sp³-hybridized carbons (Fsp3) is 1.00. The zero-order chi connectivity index (χ0) is 11.4. The van der Waals surface area contributed by atoms with Gasteiger partial charge in [0, 0.05) is 0 Å². The number of hydrogen-bond donors (Lipinski definition) is 4. The molecule has 2 rings (SSSR count). The van der Waals surface area contributed by atoms with Gasteiger partial charge in [-0.25, -0.2) is 0 Å². The summed E-state index contributed by atoms with van der Waals surface area (Å²) in [6.45, 7) is 3.28. The van der Waals surface area contributed by atoms with Crippen LogP contribution in [0.2, 0.25) is 0 Å². The van der Waals surface area contributed by atoms with E-state index in [0.29, 0.717) is 0 Å². The van der Waals surface area contributed by atoms with Crippen molar-refractivity contribution in [1.29, 1.82) is 0 Å². The second-order valence-corrected chi connectivity index (χ2v) is 4.53. The molecule has 4 N–H and O–H groups in total. The zero-order valence-electron chi connectivity index (χ0n) is 8.57. The summed E-state index contributed by atoms with van der Waals surface area (Å²) >= 11 is 0. The maximum atomic E-state index is 9.64. The maximum Gasteiger partial charge on any atom is 0.164 e. The third kappa shape index (κ3) is 1.67. The van der Waals surface area contributed by atoms with E-state index in [9.17, 15) is 20.4 Å². The Bertz CT molecular complexity index is 231. The Hall–Kier alpha value is -0.240. The SMILES string of the molecule is CC1(C)OC2C(O)C(O)C(O)C(O)C2O1. The van der Waals surface area contributed by atoms with E-state index >= 15 is 0 Å². The van der Waals surface area contributed by atoms with Crippen LogP contribution in [-0.4, -0.2) is 62.8 Å². The Morgan fingerprint density at radius 2 is 1.07 bits per heavy atom. The van der Waals surface area contributed by atoms with E-state index in [4.69, 9.17) is 9.47 Å². The first-order valence-electron chi connectivity index (χ1n) is 4.91. The van der Waals surface area contributed by atoms with E-state index in [2.05, 4.69) is 0 Å². The first kappa shape index (κ1) is 11.3. The number of aliphatic hydroxyl groups is 4. The lowest BCUT2D eigenvalue weighted by molar-refractivity contribution is -0.192. The van der Waals surface area contributed by atoms with E-state index in [1.54, 1.807) is 13.8 Å². The van der Waals surface area contributed by atoms with E-state index < -0.39 is 42.4 Å². The van der Waals surface area contributed by atoms with E-state index in [1.165, 1.54) is 0 Å². The maximum absolute atomic E-state index is 9.64. The molecule has 0 aromatic rings. The van der Waals surface area contributed by atoms with Crippen molar-refractivity contribution in [2.45, 2.75) is 56.3 Å². The van der Waals surface area contributed by atoms with Gasteiger partial charge >= 0.3 is 0 Å². The van der Waals surface area contributed by atoms with Gasteiger partial charge in [-0.3, -0.25) is 0 Å². The molecule has 2 aliphatic rings. The second-order valence-electron chi connectivity index (χ2n) is 4.53. The molecule has 1 heterocycles. The monoisotopic (exact) mass is 220 g/mol. The third-order valence-electron chi connectivity index (χ3n) is 2.89.